The van der Waals surface area contributed by atoms with Crippen molar-refractivity contribution in [2.75, 3.05) is 39.6 Å². The summed E-state index contributed by atoms with van der Waals surface area (Å²) in [4.78, 5) is 0. The van der Waals surface area contributed by atoms with E-state index in [1.54, 1.807) is 21.6 Å². The molecule has 28 heavy (non-hydrogen) atoms. The molecule has 0 amide bonds. The van der Waals surface area contributed by atoms with Gasteiger partial charge in [-0.3, -0.25) is 0 Å². The Bertz CT molecular complexity index is 336. The van der Waals surface area contributed by atoms with Gasteiger partial charge in [0.05, 0.1) is 20.5 Å². The van der Waals surface area contributed by atoms with Crippen molar-refractivity contribution in [2.24, 2.45) is 0 Å². The van der Waals surface area contributed by atoms with Crippen molar-refractivity contribution in [3.8, 4) is 0 Å². The van der Waals surface area contributed by atoms with Gasteiger partial charge in [0.15, 0.2) is 0 Å². The highest BCUT2D eigenvalue weighted by molar-refractivity contribution is 8.77. The highest BCUT2D eigenvalue weighted by atomic mass is 33.1. The summed E-state index contributed by atoms with van der Waals surface area (Å²) in [5.41, 5.74) is -1.10. The minimum Gasteiger partial charge on any atom is -0.367 e. The Balaban J connectivity index is 4.99. The molecule has 0 aromatic rings. The third-order valence-electron chi connectivity index (χ3n) is 3.85. The molecule has 0 radical (unpaired) electrons. The molecule has 0 aliphatic heterocycles. The Morgan fingerprint density at radius 2 is 0.857 bits per heavy atom. The van der Waals surface area contributed by atoms with Crippen LogP contribution < -0.4 is 0 Å². The largest absolute Gasteiger partial charge is 0.367 e. The monoisotopic (exact) mass is 474 g/mol. The van der Waals surface area contributed by atoms with Gasteiger partial charge in [-0.25, -0.2) is 0 Å². The average molecular weight is 475 g/mol. The SMILES string of the molecule is CCOC(CC([SiH3])(OCC)OCC)SSC(CC([SiH3])(OCC)OCC)OCC. The molecule has 0 heterocycles. The number of hydrogen-bond acceptors (Lipinski definition) is 8. The summed E-state index contributed by atoms with van der Waals surface area (Å²) >= 11 is 0. The second-order valence-corrected chi connectivity index (χ2v) is 12.0. The van der Waals surface area contributed by atoms with Crippen LogP contribution in [-0.2, 0) is 28.4 Å². The Morgan fingerprint density at radius 1 is 0.571 bits per heavy atom. The van der Waals surface area contributed by atoms with Gasteiger partial charge < -0.3 is 28.4 Å². The summed E-state index contributed by atoms with van der Waals surface area (Å²) < 4.78 is 35.6. The maximum absolute atomic E-state index is 5.98. The van der Waals surface area contributed by atoms with Crippen molar-refractivity contribution in [3.63, 3.8) is 0 Å². The predicted molar refractivity (Wildman–Crippen MR) is 127 cm³/mol. The molecule has 10 heteroatoms. The van der Waals surface area contributed by atoms with Gasteiger partial charge >= 0.3 is 0 Å². The number of rotatable bonds is 19. The van der Waals surface area contributed by atoms with Crippen molar-refractivity contribution < 1.29 is 28.4 Å². The summed E-state index contributed by atoms with van der Waals surface area (Å²) in [6.07, 6.45) is 1.41. The van der Waals surface area contributed by atoms with Crippen LogP contribution in [0.5, 0.6) is 0 Å². The highest BCUT2D eigenvalue weighted by Crippen LogP contribution is 2.39. The molecule has 0 saturated heterocycles. The van der Waals surface area contributed by atoms with E-state index in [1.807, 2.05) is 41.5 Å². The van der Waals surface area contributed by atoms with Crippen molar-refractivity contribution in [1.82, 2.24) is 0 Å². The topological polar surface area (TPSA) is 55.4 Å². The molecule has 0 spiro atoms. The van der Waals surface area contributed by atoms with Crippen LogP contribution >= 0.6 is 21.6 Å². The summed E-state index contributed by atoms with van der Waals surface area (Å²) in [6, 6.07) is 0. The van der Waals surface area contributed by atoms with Gasteiger partial charge in [0.2, 0.25) is 0 Å². The van der Waals surface area contributed by atoms with Crippen molar-refractivity contribution in [2.45, 2.75) is 76.1 Å². The maximum Gasteiger partial charge on any atom is 0.144 e. The van der Waals surface area contributed by atoms with Crippen LogP contribution in [0, 0.1) is 0 Å². The molecule has 0 aliphatic carbocycles. The first kappa shape index (κ1) is 28.9. The van der Waals surface area contributed by atoms with Crippen LogP contribution in [0.15, 0.2) is 0 Å². The highest BCUT2D eigenvalue weighted by Gasteiger charge is 2.33. The molecule has 6 nitrogen and oxygen atoms in total. The lowest BCUT2D eigenvalue weighted by Crippen LogP contribution is -2.41. The van der Waals surface area contributed by atoms with Crippen LogP contribution in [0.3, 0.4) is 0 Å². The molecule has 0 saturated carbocycles. The molecule has 0 N–H and O–H groups in total. The fourth-order valence-electron chi connectivity index (χ4n) is 2.88. The zero-order chi connectivity index (χ0) is 21.5. The Hall–Kier alpha value is 0.894. The second kappa shape index (κ2) is 16.6. The first-order valence-corrected chi connectivity index (χ1v) is 14.7. The summed E-state index contributed by atoms with van der Waals surface area (Å²) in [5.74, 6) is 0. The lowest BCUT2D eigenvalue weighted by atomic mass is 10.4. The van der Waals surface area contributed by atoms with Crippen molar-refractivity contribution in [1.29, 1.82) is 0 Å². The van der Waals surface area contributed by atoms with E-state index in [0.717, 1.165) is 20.5 Å². The van der Waals surface area contributed by atoms with Crippen molar-refractivity contribution in [3.05, 3.63) is 0 Å². The zero-order valence-corrected chi connectivity index (χ0v) is 24.7. The first-order valence-electron chi connectivity index (χ1n) is 10.4. The number of ether oxygens (including phenoxy) is 6. The second-order valence-electron chi connectivity index (χ2n) is 6.37. The molecule has 0 rings (SSSR count). The van der Waals surface area contributed by atoms with E-state index in [-0.39, 0.29) is 10.9 Å². The van der Waals surface area contributed by atoms with Gasteiger partial charge in [-0.15, -0.1) is 0 Å². The fourth-order valence-corrected chi connectivity index (χ4v) is 8.23. The standard InChI is InChI=1S/C18H42O6S2Si2/c1-7-19-15(13-17(27,21-9-3)22-10-4)25-26-16(20-8-2)14-18(28,23-11-5)24-12-6/h15-16H,7-14H2,1-6,27-28H3. The minimum absolute atomic E-state index is 0.0313. The molecule has 0 aromatic heterocycles. The lowest BCUT2D eigenvalue weighted by Gasteiger charge is -2.34. The van der Waals surface area contributed by atoms with E-state index in [9.17, 15) is 0 Å². The molecule has 0 fully saturated rings. The van der Waals surface area contributed by atoms with E-state index in [0.29, 0.717) is 52.5 Å². The van der Waals surface area contributed by atoms with E-state index in [2.05, 4.69) is 0 Å². The van der Waals surface area contributed by atoms with Crippen LogP contribution in [0.4, 0.5) is 0 Å². The van der Waals surface area contributed by atoms with Gasteiger partial charge in [0.1, 0.15) is 21.7 Å². The molecule has 170 valence electrons. The minimum atomic E-state index is -0.518. The van der Waals surface area contributed by atoms with E-state index in [1.165, 1.54) is 0 Å². The molecular weight excluding hydrogens is 432 g/mol. The normalized spacial score (nSPS) is 15.2. The lowest BCUT2D eigenvalue weighted by molar-refractivity contribution is -0.185. The van der Waals surface area contributed by atoms with Crippen molar-refractivity contribution >= 4 is 42.1 Å². The Labute approximate surface area is 186 Å². The summed E-state index contributed by atoms with van der Waals surface area (Å²) in [7, 11) is 4.93. The van der Waals surface area contributed by atoms with Crippen LogP contribution in [0.2, 0.25) is 0 Å². The van der Waals surface area contributed by atoms with Crippen LogP contribution in [0.1, 0.15) is 54.4 Å². The summed E-state index contributed by atoms with van der Waals surface area (Å²) in [5, 5.41) is 0. The molecule has 2 unspecified atom stereocenters. The van der Waals surface area contributed by atoms with Gasteiger partial charge in [-0.05, 0) is 41.5 Å². The molecule has 0 aromatic carbocycles. The fraction of sp³-hybridized carbons (Fsp3) is 1.00. The zero-order valence-electron chi connectivity index (χ0n) is 19.1. The average Bonchev–Trinajstić information content (AvgIpc) is 2.60. The quantitative estimate of drug-likeness (QED) is 0.160. The predicted octanol–water partition coefficient (Wildman–Crippen LogP) is 2.06. The third kappa shape index (κ3) is 12.6. The van der Waals surface area contributed by atoms with Crippen LogP contribution in [0.25, 0.3) is 0 Å². The molecule has 2 atom stereocenters. The molecular formula is C18H42O6S2Si2. The summed E-state index contributed by atoms with van der Waals surface area (Å²) in [6.45, 7) is 15.9. The molecule has 0 bridgehead atoms. The Kier molecular flexibility index (Phi) is 17.1. The maximum atomic E-state index is 5.98. The Morgan fingerprint density at radius 3 is 1.07 bits per heavy atom. The first-order chi connectivity index (χ1) is 13.3. The van der Waals surface area contributed by atoms with Crippen LogP contribution in [-0.4, -0.2) is 81.8 Å². The van der Waals surface area contributed by atoms with Gasteiger partial charge in [-0.1, -0.05) is 21.6 Å². The number of hydrogen-bond donors (Lipinski definition) is 0. The molecule has 0 aliphatic rings. The van der Waals surface area contributed by atoms with Gasteiger partial charge in [0.25, 0.3) is 0 Å². The van der Waals surface area contributed by atoms with E-state index in [4.69, 9.17) is 28.4 Å². The van der Waals surface area contributed by atoms with Gasteiger partial charge in [-0.2, -0.15) is 0 Å². The van der Waals surface area contributed by atoms with Gasteiger partial charge in [0, 0.05) is 52.5 Å². The van der Waals surface area contributed by atoms with E-state index >= 15 is 0 Å². The smallest absolute Gasteiger partial charge is 0.144 e. The van der Waals surface area contributed by atoms with E-state index < -0.39 is 10.8 Å². The third-order valence-corrected chi connectivity index (χ3v) is 8.59.